The van der Waals surface area contributed by atoms with Crippen molar-refractivity contribution in [1.29, 1.82) is 0 Å². The first-order valence-electron chi connectivity index (χ1n) is 9.55. The highest BCUT2D eigenvalue weighted by atomic mass is 19.1. The van der Waals surface area contributed by atoms with Crippen LogP contribution in [-0.4, -0.2) is 35.8 Å². The zero-order valence-electron chi connectivity index (χ0n) is 15.4. The quantitative estimate of drug-likeness (QED) is 0.773. The van der Waals surface area contributed by atoms with Crippen LogP contribution < -0.4 is 9.64 Å². The number of carboxylic acid groups (broad SMARTS) is 1. The van der Waals surface area contributed by atoms with Gasteiger partial charge in [-0.1, -0.05) is 6.07 Å². The lowest BCUT2D eigenvalue weighted by Gasteiger charge is -2.20. The number of halogens is 2. The lowest BCUT2D eigenvalue weighted by Crippen LogP contribution is -2.23. The van der Waals surface area contributed by atoms with Crippen molar-refractivity contribution in [1.82, 2.24) is 4.98 Å². The predicted octanol–water partition coefficient (Wildman–Crippen LogP) is 4.12. The van der Waals surface area contributed by atoms with Crippen molar-refractivity contribution in [3.63, 3.8) is 0 Å². The lowest BCUT2D eigenvalue weighted by molar-refractivity contribution is -0.137. The Balaban J connectivity index is 1.52. The maximum atomic E-state index is 14.7. The minimum Gasteiger partial charge on any atom is -0.481 e. The minimum absolute atomic E-state index is 0.00932. The number of ether oxygens (including phenoxy) is 1. The molecule has 2 aliphatic rings. The summed E-state index contributed by atoms with van der Waals surface area (Å²) in [6, 6.07) is 7.73. The lowest BCUT2D eigenvalue weighted by atomic mass is 10.1. The van der Waals surface area contributed by atoms with E-state index in [1.165, 1.54) is 25.0 Å². The second kappa shape index (κ2) is 7.73. The van der Waals surface area contributed by atoms with Gasteiger partial charge in [0.2, 0.25) is 5.88 Å². The molecule has 2 aromatic rings. The van der Waals surface area contributed by atoms with Crippen molar-refractivity contribution in [3.05, 3.63) is 42.0 Å². The van der Waals surface area contributed by atoms with Gasteiger partial charge in [0.25, 0.3) is 0 Å². The van der Waals surface area contributed by atoms with Gasteiger partial charge in [0.1, 0.15) is 17.3 Å². The summed E-state index contributed by atoms with van der Waals surface area (Å²) < 4.78 is 35.1. The van der Waals surface area contributed by atoms with Crippen molar-refractivity contribution < 1.29 is 23.4 Å². The van der Waals surface area contributed by atoms with Crippen LogP contribution in [0.3, 0.4) is 0 Å². The summed E-state index contributed by atoms with van der Waals surface area (Å²) >= 11 is 0. The number of nitrogens with zero attached hydrogens (tertiary/aromatic N) is 2. The molecular formula is C21H22F2N2O3. The molecule has 1 aromatic carbocycles. The standard InChI is InChI=1S/C21H22F2N2O3/c22-16-9-15(18-2-1-3-19(24-18)28-12-13-4-5-13)10-17(23)21(16)25-7-6-14(11-25)8-20(26)27/h1-3,9-10,13-14H,4-8,11-12H2,(H,26,27)/t14-/m0/s1. The van der Waals surface area contributed by atoms with E-state index in [1.807, 2.05) is 0 Å². The Morgan fingerprint density at radius 3 is 2.61 bits per heavy atom. The second-order valence-electron chi connectivity index (χ2n) is 7.60. The van der Waals surface area contributed by atoms with Crippen molar-refractivity contribution >= 4 is 11.7 Å². The van der Waals surface area contributed by atoms with Crippen LogP contribution in [0.1, 0.15) is 25.7 Å². The number of benzene rings is 1. The van der Waals surface area contributed by atoms with Crippen LogP contribution >= 0.6 is 0 Å². The molecule has 0 amide bonds. The molecule has 1 aromatic heterocycles. The number of carbonyl (C=O) groups is 1. The molecule has 1 N–H and O–H groups in total. The number of anilines is 1. The summed E-state index contributed by atoms with van der Waals surface area (Å²) in [7, 11) is 0. The largest absolute Gasteiger partial charge is 0.481 e. The van der Waals surface area contributed by atoms with E-state index in [1.54, 1.807) is 23.1 Å². The van der Waals surface area contributed by atoms with Crippen molar-refractivity contribution in [2.45, 2.75) is 25.7 Å². The molecule has 2 heterocycles. The highest BCUT2D eigenvalue weighted by Crippen LogP contribution is 2.34. The summed E-state index contributed by atoms with van der Waals surface area (Å²) in [6.07, 6.45) is 2.95. The normalized spacial score (nSPS) is 19.1. The molecular weight excluding hydrogens is 366 g/mol. The fourth-order valence-electron chi connectivity index (χ4n) is 3.61. The van der Waals surface area contributed by atoms with E-state index >= 15 is 0 Å². The minimum atomic E-state index is -0.891. The summed E-state index contributed by atoms with van der Waals surface area (Å²) in [5.74, 6) is -1.29. The molecule has 0 spiro atoms. The topological polar surface area (TPSA) is 62.7 Å². The monoisotopic (exact) mass is 388 g/mol. The van der Waals surface area contributed by atoms with Crippen LogP contribution in [0.2, 0.25) is 0 Å². The number of pyridine rings is 1. The van der Waals surface area contributed by atoms with Crippen LogP contribution in [0.15, 0.2) is 30.3 Å². The van der Waals surface area contributed by atoms with Gasteiger partial charge in [-0.3, -0.25) is 4.79 Å². The van der Waals surface area contributed by atoms with Gasteiger partial charge in [-0.2, -0.15) is 0 Å². The maximum Gasteiger partial charge on any atom is 0.303 e. The molecule has 1 saturated carbocycles. The van der Waals surface area contributed by atoms with E-state index in [-0.39, 0.29) is 18.0 Å². The molecule has 5 nitrogen and oxygen atoms in total. The molecule has 4 rings (SSSR count). The van der Waals surface area contributed by atoms with Gasteiger partial charge in [0, 0.05) is 31.1 Å². The number of hydrogen-bond donors (Lipinski definition) is 1. The Hall–Kier alpha value is -2.70. The summed E-state index contributed by atoms with van der Waals surface area (Å²) in [5, 5.41) is 8.91. The Bertz CT molecular complexity index is 863. The van der Waals surface area contributed by atoms with Gasteiger partial charge in [0.15, 0.2) is 0 Å². The molecule has 1 atom stereocenters. The molecule has 1 aliphatic carbocycles. The average molecular weight is 388 g/mol. The molecule has 0 radical (unpaired) electrons. The summed E-state index contributed by atoms with van der Waals surface area (Å²) in [5.41, 5.74) is 0.692. The first-order valence-corrected chi connectivity index (χ1v) is 9.55. The van der Waals surface area contributed by atoms with E-state index < -0.39 is 17.6 Å². The third kappa shape index (κ3) is 4.24. The van der Waals surface area contributed by atoms with Gasteiger partial charge in [-0.05, 0) is 49.3 Å². The van der Waals surface area contributed by atoms with E-state index in [0.717, 1.165) is 0 Å². The number of aromatic nitrogens is 1. The van der Waals surface area contributed by atoms with Gasteiger partial charge in [-0.15, -0.1) is 0 Å². The molecule has 1 aliphatic heterocycles. The van der Waals surface area contributed by atoms with Gasteiger partial charge in [0.05, 0.1) is 12.3 Å². The smallest absolute Gasteiger partial charge is 0.303 e. The number of hydrogen-bond acceptors (Lipinski definition) is 4. The average Bonchev–Trinajstić information content (AvgIpc) is 3.38. The molecule has 7 heteroatoms. The zero-order valence-corrected chi connectivity index (χ0v) is 15.4. The molecule has 0 bridgehead atoms. The summed E-state index contributed by atoms with van der Waals surface area (Å²) in [6.45, 7) is 1.39. The zero-order chi connectivity index (χ0) is 19.7. The second-order valence-corrected chi connectivity index (χ2v) is 7.60. The van der Waals surface area contributed by atoms with Crippen LogP contribution in [0.4, 0.5) is 14.5 Å². The van der Waals surface area contributed by atoms with Crippen molar-refractivity contribution in [3.8, 4) is 17.1 Å². The first-order chi connectivity index (χ1) is 13.5. The van der Waals surface area contributed by atoms with E-state index in [2.05, 4.69) is 4.98 Å². The third-order valence-electron chi connectivity index (χ3n) is 5.27. The molecule has 148 valence electrons. The predicted molar refractivity (Wildman–Crippen MR) is 100 cm³/mol. The van der Waals surface area contributed by atoms with Crippen LogP contribution in [0, 0.1) is 23.5 Å². The van der Waals surface area contributed by atoms with E-state index in [9.17, 15) is 13.6 Å². The van der Waals surface area contributed by atoms with Gasteiger partial charge >= 0.3 is 5.97 Å². The Morgan fingerprint density at radius 2 is 1.93 bits per heavy atom. The molecule has 1 saturated heterocycles. The fraction of sp³-hybridized carbons (Fsp3) is 0.429. The van der Waals surface area contributed by atoms with Crippen LogP contribution in [-0.2, 0) is 4.79 Å². The Morgan fingerprint density at radius 1 is 1.18 bits per heavy atom. The molecule has 0 unspecified atom stereocenters. The van der Waals surface area contributed by atoms with Gasteiger partial charge in [-0.25, -0.2) is 13.8 Å². The molecule has 2 fully saturated rings. The van der Waals surface area contributed by atoms with Gasteiger partial charge < -0.3 is 14.7 Å². The van der Waals surface area contributed by atoms with Crippen molar-refractivity contribution in [2.24, 2.45) is 11.8 Å². The summed E-state index contributed by atoms with van der Waals surface area (Å²) in [4.78, 5) is 16.8. The number of carboxylic acids is 1. The fourth-order valence-corrected chi connectivity index (χ4v) is 3.61. The van der Waals surface area contributed by atoms with Crippen molar-refractivity contribution in [2.75, 3.05) is 24.6 Å². The van der Waals surface area contributed by atoms with Crippen LogP contribution in [0.5, 0.6) is 5.88 Å². The highest BCUT2D eigenvalue weighted by molar-refractivity contribution is 5.68. The third-order valence-corrected chi connectivity index (χ3v) is 5.27. The van der Waals surface area contributed by atoms with E-state index in [0.29, 0.717) is 49.2 Å². The van der Waals surface area contributed by atoms with Crippen LogP contribution in [0.25, 0.3) is 11.3 Å². The Labute approximate surface area is 162 Å². The SMILES string of the molecule is O=C(O)C[C@@H]1CCN(c2c(F)cc(-c3cccc(OCC4CC4)n3)cc2F)C1. The molecule has 28 heavy (non-hydrogen) atoms. The highest BCUT2D eigenvalue weighted by Gasteiger charge is 2.28. The number of rotatable bonds is 7. The Kier molecular flexibility index (Phi) is 5.15. The first kappa shape index (κ1) is 18.7. The van der Waals surface area contributed by atoms with E-state index in [4.69, 9.17) is 9.84 Å². The number of aliphatic carboxylic acids is 1. The maximum absolute atomic E-state index is 14.7.